The molecule has 1 amide bonds. The first-order valence-electron chi connectivity index (χ1n) is 9.75. The maximum Gasteiger partial charge on any atom is 0.295 e. The van der Waals surface area contributed by atoms with Crippen LogP contribution in [0.5, 0.6) is 11.5 Å². The molecule has 2 aromatic carbocycles. The highest BCUT2D eigenvalue weighted by Crippen LogP contribution is 2.38. The standard InChI is InChI=1S/C24H20FN3O4/c1-31-21-10-9-18(12-22(21)32-2)28(23(30)15-29)20-14-27(24-19(20)4-3-11-26-24)13-16-5-7-17(25)8-6-16/h3-12,14-15H,13H2,1-2H3. The third-order valence-corrected chi connectivity index (χ3v) is 5.07. The zero-order valence-electron chi connectivity index (χ0n) is 17.5. The molecule has 0 atom stereocenters. The summed E-state index contributed by atoms with van der Waals surface area (Å²) in [4.78, 5) is 30.0. The van der Waals surface area contributed by atoms with Crippen molar-refractivity contribution in [3.8, 4) is 11.5 Å². The molecule has 4 rings (SSSR count). The summed E-state index contributed by atoms with van der Waals surface area (Å²) < 4.78 is 25.8. The van der Waals surface area contributed by atoms with Gasteiger partial charge >= 0.3 is 0 Å². The number of nitrogens with zero attached hydrogens (tertiary/aromatic N) is 3. The second kappa shape index (κ2) is 8.89. The lowest BCUT2D eigenvalue weighted by atomic mass is 10.2. The van der Waals surface area contributed by atoms with Gasteiger partial charge in [-0.25, -0.2) is 9.37 Å². The third-order valence-electron chi connectivity index (χ3n) is 5.07. The van der Waals surface area contributed by atoms with Crippen molar-refractivity contribution in [3.05, 3.63) is 78.4 Å². The lowest BCUT2D eigenvalue weighted by Gasteiger charge is -2.21. The van der Waals surface area contributed by atoms with Crippen LogP contribution in [0.15, 0.2) is 67.0 Å². The van der Waals surface area contributed by atoms with Gasteiger partial charge in [0.1, 0.15) is 11.5 Å². The maximum absolute atomic E-state index is 13.3. The quantitative estimate of drug-likeness (QED) is 0.324. The van der Waals surface area contributed by atoms with E-state index in [0.717, 1.165) is 5.56 Å². The Bertz CT molecular complexity index is 1280. The largest absolute Gasteiger partial charge is 0.493 e. The maximum atomic E-state index is 13.3. The first-order chi connectivity index (χ1) is 15.5. The number of pyridine rings is 1. The highest BCUT2D eigenvalue weighted by atomic mass is 19.1. The second-order valence-electron chi connectivity index (χ2n) is 6.97. The van der Waals surface area contributed by atoms with E-state index >= 15 is 0 Å². The zero-order chi connectivity index (χ0) is 22.7. The normalized spacial score (nSPS) is 10.7. The van der Waals surface area contributed by atoms with Crippen LogP contribution >= 0.6 is 0 Å². The SMILES string of the molecule is COc1ccc(N(C(=O)C=O)c2cn(Cc3ccc(F)cc3)c3ncccc23)cc1OC. The van der Waals surface area contributed by atoms with Gasteiger partial charge in [0.15, 0.2) is 11.5 Å². The summed E-state index contributed by atoms with van der Waals surface area (Å²) in [5, 5.41) is 0.680. The number of halogens is 1. The predicted molar refractivity (Wildman–Crippen MR) is 118 cm³/mol. The van der Waals surface area contributed by atoms with Gasteiger partial charge in [-0.05, 0) is 42.0 Å². The van der Waals surface area contributed by atoms with Crippen LogP contribution in [-0.4, -0.2) is 36.0 Å². The molecule has 0 N–H and O–H groups in total. The minimum absolute atomic E-state index is 0.260. The summed E-state index contributed by atoms with van der Waals surface area (Å²) in [6, 6.07) is 14.7. The van der Waals surface area contributed by atoms with Crippen LogP contribution in [0.3, 0.4) is 0 Å². The number of aldehydes is 1. The Morgan fingerprint density at radius 3 is 2.53 bits per heavy atom. The summed E-state index contributed by atoms with van der Waals surface area (Å²) in [5.74, 6) is -0.153. The van der Waals surface area contributed by atoms with Crippen LogP contribution in [0.2, 0.25) is 0 Å². The summed E-state index contributed by atoms with van der Waals surface area (Å²) in [7, 11) is 3.01. The molecule has 32 heavy (non-hydrogen) atoms. The molecule has 0 saturated heterocycles. The average Bonchev–Trinajstić information content (AvgIpc) is 3.18. The number of amides is 1. The number of carbonyl (C=O) groups is 2. The molecular formula is C24H20FN3O4. The van der Waals surface area contributed by atoms with E-state index in [1.807, 2.05) is 10.6 Å². The average molecular weight is 433 g/mol. The molecule has 8 heteroatoms. The Kier molecular flexibility index (Phi) is 5.85. The van der Waals surface area contributed by atoms with Crippen LogP contribution < -0.4 is 14.4 Å². The molecule has 0 spiro atoms. The van der Waals surface area contributed by atoms with E-state index in [0.29, 0.717) is 40.5 Å². The van der Waals surface area contributed by atoms with E-state index in [-0.39, 0.29) is 12.1 Å². The van der Waals surface area contributed by atoms with Gasteiger partial charge in [-0.15, -0.1) is 0 Å². The van der Waals surface area contributed by atoms with Crippen molar-refractivity contribution in [2.24, 2.45) is 0 Å². The molecule has 4 aromatic rings. The first-order valence-corrected chi connectivity index (χ1v) is 9.75. The van der Waals surface area contributed by atoms with Crippen LogP contribution in [0.1, 0.15) is 5.56 Å². The number of anilines is 2. The zero-order valence-corrected chi connectivity index (χ0v) is 17.5. The molecule has 0 saturated carbocycles. The molecule has 162 valence electrons. The molecule has 0 aliphatic rings. The molecular weight excluding hydrogens is 413 g/mol. The van der Waals surface area contributed by atoms with Crippen LogP contribution in [-0.2, 0) is 16.1 Å². The minimum Gasteiger partial charge on any atom is -0.493 e. The van der Waals surface area contributed by atoms with E-state index in [2.05, 4.69) is 4.98 Å². The van der Waals surface area contributed by atoms with Gasteiger partial charge in [0.05, 0.1) is 25.6 Å². The Balaban J connectivity index is 1.86. The van der Waals surface area contributed by atoms with E-state index in [1.54, 1.807) is 48.8 Å². The summed E-state index contributed by atoms with van der Waals surface area (Å²) in [5.41, 5.74) is 2.40. The third kappa shape index (κ3) is 3.90. The summed E-state index contributed by atoms with van der Waals surface area (Å²) >= 11 is 0. The van der Waals surface area contributed by atoms with Crippen molar-refractivity contribution >= 4 is 34.6 Å². The fraction of sp³-hybridized carbons (Fsp3) is 0.125. The van der Waals surface area contributed by atoms with Crippen LogP contribution in [0, 0.1) is 5.82 Å². The molecule has 0 fully saturated rings. The second-order valence-corrected chi connectivity index (χ2v) is 6.97. The number of hydrogen-bond donors (Lipinski definition) is 0. The fourth-order valence-electron chi connectivity index (χ4n) is 3.59. The summed E-state index contributed by atoms with van der Waals surface area (Å²) in [6.45, 7) is 0.406. The number of carbonyl (C=O) groups excluding carboxylic acids is 2. The van der Waals surface area contributed by atoms with E-state index in [4.69, 9.17) is 9.47 Å². The number of benzene rings is 2. The van der Waals surface area contributed by atoms with Crippen molar-refractivity contribution < 1.29 is 23.5 Å². The topological polar surface area (TPSA) is 73.7 Å². The van der Waals surface area contributed by atoms with Crippen molar-refractivity contribution in [3.63, 3.8) is 0 Å². The van der Waals surface area contributed by atoms with E-state index < -0.39 is 5.91 Å². The Labute approximate surface area is 183 Å². The van der Waals surface area contributed by atoms with Gasteiger partial charge in [-0.1, -0.05) is 12.1 Å². The van der Waals surface area contributed by atoms with Gasteiger partial charge in [0.2, 0.25) is 6.29 Å². The number of methoxy groups -OCH3 is 2. The van der Waals surface area contributed by atoms with E-state index in [1.165, 1.54) is 31.3 Å². The highest BCUT2D eigenvalue weighted by Gasteiger charge is 2.24. The van der Waals surface area contributed by atoms with Crippen LogP contribution in [0.25, 0.3) is 11.0 Å². The Morgan fingerprint density at radius 1 is 1.09 bits per heavy atom. The molecule has 2 aromatic heterocycles. The minimum atomic E-state index is -0.748. The number of aromatic nitrogens is 2. The number of hydrogen-bond acceptors (Lipinski definition) is 5. The monoisotopic (exact) mass is 433 g/mol. The summed E-state index contributed by atoms with van der Waals surface area (Å²) in [6.07, 6.45) is 3.66. The Hall–Kier alpha value is -4.20. The molecule has 7 nitrogen and oxygen atoms in total. The van der Waals surface area contributed by atoms with Gasteiger partial charge in [0, 0.05) is 30.4 Å². The number of rotatable bonds is 7. The van der Waals surface area contributed by atoms with Crippen molar-refractivity contribution in [1.82, 2.24) is 9.55 Å². The van der Waals surface area contributed by atoms with Gasteiger partial charge in [-0.3, -0.25) is 14.5 Å². The lowest BCUT2D eigenvalue weighted by molar-refractivity contribution is -0.129. The van der Waals surface area contributed by atoms with Gasteiger partial charge in [-0.2, -0.15) is 0 Å². The van der Waals surface area contributed by atoms with Crippen molar-refractivity contribution in [1.29, 1.82) is 0 Å². The van der Waals surface area contributed by atoms with Crippen molar-refractivity contribution in [2.45, 2.75) is 6.54 Å². The van der Waals surface area contributed by atoms with Gasteiger partial charge in [0.25, 0.3) is 5.91 Å². The fourth-order valence-corrected chi connectivity index (χ4v) is 3.59. The van der Waals surface area contributed by atoms with Crippen molar-refractivity contribution in [2.75, 3.05) is 19.1 Å². The smallest absolute Gasteiger partial charge is 0.295 e. The molecule has 0 aliphatic heterocycles. The highest BCUT2D eigenvalue weighted by molar-refractivity contribution is 6.33. The number of fused-ring (bicyclic) bond motifs is 1. The molecule has 0 radical (unpaired) electrons. The predicted octanol–water partition coefficient (Wildman–Crippen LogP) is 4.10. The lowest BCUT2D eigenvalue weighted by Crippen LogP contribution is -2.26. The number of ether oxygens (including phenoxy) is 2. The molecule has 0 unspecified atom stereocenters. The van der Waals surface area contributed by atoms with Gasteiger partial charge < -0.3 is 14.0 Å². The Morgan fingerprint density at radius 2 is 1.84 bits per heavy atom. The molecule has 2 heterocycles. The van der Waals surface area contributed by atoms with Crippen LogP contribution in [0.4, 0.5) is 15.8 Å². The van der Waals surface area contributed by atoms with E-state index in [9.17, 15) is 14.0 Å². The first kappa shape index (κ1) is 21.0. The molecule has 0 bridgehead atoms. The molecule has 0 aliphatic carbocycles.